The van der Waals surface area contributed by atoms with E-state index in [1.165, 1.54) is 25.7 Å². The predicted molar refractivity (Wildman–Crippen MR) is 68.0 cm³/mol. The number of allylic oxidation sites excluding steroid dienone is 2. The van der Waals surface area contributed by atoms with Gasteiger partial charge in [0, 0.05) is 17.7 Å². The Morgan fingerprint density at radius 1 is 1.25 bits per heavy atom. The van der Waals surface area contributed by atoms with Gasteiger partial charge in [-0.25, -0.2) is 0 Å². The van der Waals surface area contributed by atoms with Crippen LogP contribution in [0.5, 0.6) is 0 Å². The van der Waals surface area contributed by atoms with E-state index in [-0.39, 0.29) is 0 Å². The van der Waals surface area contributed by atoms with E-state index in [1.807, 2.05) is 0 Å². The lowest BCUT2D eigenvalue weighted by molar-refractivity contribution is 0.352. The Balaban J connectivity index is 1.93. The van der Waals surface area contributed by atoms with Gasteiger partial charge in [0.25, 0.3) is 0 Å². The van der Waals surface area contributed by atoms with Gasteiger partial charge in [-0.2, -0.15) is 0 Å². The van der Waals surface area contributed by atoms with E-state index in [0.29, 0.717) is 6.04 Å². The van der Waals surface area contributed by atoms with Crippen molar-refractivity contribution in [2.75, 3.05) is 0 Å². The largest absolute Gasteiger partial charge is 0.384 e. The Morgan fingerprint density at radius 2 is 2.06 bits per heavy atom. The molecule has 16 heavy (non-hydrogen) atoms. The maximum atomic E-state index is 3.82. The molecule has 0 saturated carbocycles. The van der Waals surface area contributed by atoms with Crippen molar-refractivity contribution >= 4 is 0 Å². The molecule has 0 bridgehead atoms. The first kappa shape index (κ1) is 10.4. The van der Waals surface area contributed by atoms with Gasteiger partial charge in [0.15, 0.2) is 0 Å². The fraction of sp³-hybridized carbons (Fsp3) is 0.733. The van der Waals surface area contributed by atoms with Gasteiger partial charge in [-0.3, -0.25) is 0 Å². The van der Waals surface area contributed by atoms with Crippen molar-refractivity contribution in [2.45, 2.75) is 52.5 Å². The van der Waals surface area contributed by atoms with Gasteiger partial charge in [-0.05, 0) is 50.0 Å². The van der Waals surface area contributed by atoms with Crippen LogP contribution in [0.25, 0.3) is 0 Å². The van der Waals surface area contributed by atoms with Gasteiger partial charge in [0.05, 0.1) is 0 Å². The van der Waals surface area contributed by atoms with Crippen LogP contribution in [-0.4, -0.2) is 6.04 Å². The lowest BCUT2D eigenvalue weighted by atomic mass is 9.75. The molecule has 1 N–H and O–H groups in total. The van der Waals surface area contributed by atoms with Gasteiger partial charge in [-0.1, -0.05) is 25.5 Å². The fourth-order valence-corrected chi connectivity index (χ4v) is 3.87. The highest BCUT2D eigenvalue weighted by Crippen LogP contribution is 2.44. The smallest absolute Gasteiger partial charge is 0.0387 e. The molecule has 88 valence electrons. The first-order chi connectivity index (χ1) is 7.65. The van der Waals surface area contributed by atoms with Crippen LogP contribution in [0.4, 0.5) is 0 Å². The minimum absolute atomic E-state index is 0.707. The van der Waals surface area contributed by atoms with Crippen LogP contribution in [0.15, 0.2) is 22.9 Å². The van der Waals surface area contributed by atoms with Gasteiger partial charge in [-0.15, -0.1) is 0 Å². The molecule has 2 aliphatic carbocycles. The average Bonchev–Trinajstić information content (AvgIpc) is 2.57. The van der Waals surface area contributed by atoms with Gasteiger partial charge in [0.1, 0.15) is 0 Å². The molecule has 4 unspecified atom stereocenters. The molecule has 0 spiro atoms. The lowest BCUT2D eigenvalue weighted by Crippen LogP contribution is -2.37. The molecule has 0 radical (unpaired) electrons. The third-order valence-corrected chi connectivity index (χ3v) is 4.69. The van der Waals surface area contributed by atoms with E-state index in [9.17, 15) is 0 Å². The number of hydrogen-bond donors (Lipinski definition) is 1. The summed E-state index contributed by atoms with van der Waals surface area (Å²) in [6.07, 6.45) is 7.83. The van der Waals surface area contributed by atoms with Crippen LogP contribution in [0.3, 0.4) is 0 Å². The number of hydrogen-bond acceptors (Lipinski definition) is 1. The molecular weight excluding hydrogens is 194 g/mol. The second kappa shape index (κ2) is 3.65. The minimum atomic E-state index is 0.707. The molecule has 0 amide bonds. The maximum Gasteiger partial charge on any atom is 0.0387 e. The molecule has 1 heterocycles. The third-order valence-electron chi connectivity index (χ3n) is 4.69. The molecule has 1 aliphatic heterocycles. The van der Waals surface area contributed by atoms with Crippen molar-refractivity contribution in [1.82, 2.24) is 5.32 Å². The summed E-state index contributed by atoms with van der Waals surface area (Å²) in [5.74, 6) is 2.42. The normalized spacial score (nSPS) is 42.3. The maximum absolute atomic E-state index is 3.82. The standard InChI is InChI=1S/C15H23N/c1-9-4-5-14-12(7-9)13-8-10(2)6-11(3)15(13)16-14/h8-9,11,13,15-16H,4-7H2,1-3H3. The molecular formula is C15H23N. The zero-order valence-corrected chi connectivity index (χ0v) is 10.7. The second-order valence-electron chi connectivity index (χ2n) is 6.24. The van der Waals surface area contributed by atoms with Crippen LogP contribution in [-0.2, 0) is 0 Å². The number of fused-ring (bicyclic) bond motifs is 2. The van der Waals surface area contributed by atoms with Gasteiger partial charge >= 0.3 is 0 Å². The van der Waals surface area contributed by atoms with Crippen LogP contribution >= 0.6 is 0 Å². The summed E-state index contributed by atoms with van der Waals surface area (Å²) in [5.41, 5.74) is 4.95. The summed E-state index contributed by atoms with van der Waals surface area (Å²) < 4.78 is 0. The molecule has 3 rings (SSSR count). The fourth-order valence-electron chi connectivity index (χ4n) is 3.87. The highest BCUT2D eigenvalue weighted by molar-refractivity contribution is 5.34. The molecule has 3 aliphatic rings. The van der Waals surface area contributed by atoms with Crippen molar-refractivity contribution in [3.8, 4) is 0 Å². The molecule has 1 nitrogen and oxygen atoms in total. The van der Waals surface area contributed by atoms with Crippen molar-refractivity contribution < 1.29 is 0 Å². The molecule has 0 aromatic rings. The van der Waals surface area contributed by atoms with E-state index in [2.05, 4.69) is 32.2 Å². The quantitative estimate of drug-likeness (QED) is 0.611. The van der Waals surface area contributed by atoms with Crippen molar-refractivity contribution in [3.63, 3.8) is 0 Å². The molecule has 1 heteroatoms. The monoisotopic (exact) mass is 217 g/mol. The average molecular weight is 217 g/mol. The van der Waals surface area contributed by atoms with Gasteiger partial charge in [0.2, 0.25) is 0 Å². The van der Waals surface area contributed by atoms with E-state index in [0.717, 1.165) is 17.8 Å². The highest BCUT2D eigenvalue weighted by Gasteiger charge is 2.39. The topological polar surface area (TPSA) is 12.0 Å². The third kappa shape index (κ3) is 1.52. The summed E-state index contributed by atoms with van der Waals surface area (Å²) in [4.78, 5) is 0. The molecule has 0 aromatic carbocycles. The van der Waals surface area contributed by atoms with Crippen molar-refractivity contribution in [3.05, 3.63) is 22.9 Å². The van der Waals surface area contributed by atoms with Crippen LogP contribution in [0, 0.1) is 17.8 Å². The Kier molecular flexibility index (Phi) is 2.38. The van der Waals surface area contributed by atoms with Gasteiger partial charge < -0.3 is 5.32 Å². The number of rotatable bonds is 0. The predicted octanol–water partition coefficient (Wildman–Crippen LogP) is 3.63. The van der Waals surface area contributed by atoms with Crippen molar-refractivity contribution in [1.29, 1.82) is 0 Å². The lowest BCUT2D eigenvalue weighted by Gasteiger charge is -2.31. The molecule has 0 saturated heterocycles. The molecule has 4 atom stereocenters. The zero-order valence-electron chi connectivity index (χ0n) is 10.7. The summed E-state index contributed by atoms with van der Waals surface area (Å²) in [6, 6.07) is 0.707. The number of nitrogens with one attached hydrogen (secondary N) is 1. The summed E-state index contributed by atoms with van der Waals surface area (Å²) >= 11 is 0. The van der Waals surface area contributed by atoms with Crippen LogP contribution in [0.2, 0.25) is 0 Å². The van der Waals surface area contributed by atoms with E-state index >= 15 is 0 Å². The first-order valence-electron chi connectivity index (χ1n) is 6.81. The van der Waals surface area contributed by atoms with E-state index in [4.69, 9.17) is 0 Å². The molecule has 0 aromatic heterocycles. The summed E-state index contributed by atoms with van der Waals surface area (Å²) in [5, 5.41) is 3.82. The Labute approximate surface area is 99.0 Å². The van der Waals surface area contributed by atoms with E-state index in [1.54, 1.807) is 16.8 Å². The molecule has 0 fully saturated rings. The summed E-state index contributed by atoms with van der Waals surface area (Å²) in [7, 11) is 0. The summed E-state index contributed by atoms with van der Waals surface area (Å²) in [6.45, 7) is 7.11. The van der Waals surface area contributed by atoms with Crippen LogP contribution < -0.4 is 5.32 Å². The minimum Gasteiger partial charge on any atom is -0.384 e. The Morgan fingerprint density at radius 3 is 2.88 bits per heavy atom. The Bertz CT molecular complexity index is 364. The highest BCUT2D eigenvalue weighted by atomic mass is 15.0. The zero-order chi connectivity index (χ0) is 11.3. The second-order valence-corrected chi connectivity index (χ2v) is 6.24. The SMILES string of the molecule is CC1=CC2C3=C(CCC(C)C3)NC2C(C)C1. The van der Waals surface area contributed by atoms with E-state index < -0.39 is 0 Å². The Hall–Kier alpha value is -0.720. The first-order valence-corrected chi connectivity index (χ1v) is 6.81. The van der Waals surface area contributed by atoms with Crippen molar-refractivity contribution in [2.24, 2.45) is 17.8 Å². The van der Waals surface area contributed by atoms with Crippen LogP contribution in [0.1, 0.15) is 46.5 Å².